The van der Waals surface area contributed by atoms with Gasteiger partial charge in [0.05, 0.1) is 17.9 Å². The predicted molar refractivity (Wildman–Crippen MR) is 93.0 cm³/mol. The van der Waals surface area contributed by atoms with E-state index in [-0.39, 0.29) is 12.2 Å². The average molecular weight is 317 g/mol. The Bertz CT molecular complexity index is 674. The third kappa shape index (κ3) is 3.92. The van der Waals surface area contributed by atoms with E-state index < -0.39 is 0 Å². The third-order valence-corrected chi connectivity index (χ3v) is 4.30. The molecule has 1 heterocycles. The summed E-state index contributed by atoms with van der Waals surface area (Å²) in [5.41, 5.74) is 2.67. The first-order valence-corrected chi connectivity index (χ1v) is 8.26. The summed E-state index contributed by atoms with van der Waals surface area (Å²) >= 11 is 0. The van der Waals surface area contributed by atoms with Crippen molar-refractivity contribution < 1.29 is 5.11 Å². The van der Waals surface area contributed by atoms with Crippen molar-refractivity contribution in [2.24, 2.45) is 7.05 Å². The first kappa shape index (κ1) is 17.5. The van der Waals surface area contributed by atoms with Crippen LogP contribution >= 0.6 is 0 Å². The minimum atomic E-state index is 0.0237. The molecule has 2 rings (SSSR count). The second-order valence-electron chi connectivity index (χ2n) is 5.89. The smallest absolute Gasteiger partial charge is 0.276 e. The lowest BCUT2D eigenvalue weighted by atomic mass is 10.2. The maximum absolute atomic E-state index is 12.9. The molecule has 0 radical (unpaired) electrons. The van der Waals surface area contributed by atoms with Gasteiger partial charge in [-0.25, -0.2) is 4.68 Å². The summed E-state index contributed by atoms with van der Waals surface area (Å²) in [5, 5.41) is 9.26. The summed E-state index contributed by atoms with van der Waals surface area (Å²) in [6.07, 6.45) is 2.17. The van der Waals surface area contributed by atoms with Crippen molar-refractivity contribution >= 4 is 0 Å². The Morgan fingerprint density at radius 2 is 1.87 bits per heavy atom. The number of nitrogens with zero attached hydrogens (tertiary/aromatic N) is 3. The van der Waals surface area contributed by atoms with E-state index in [1.54, 1.807) is 4.68 Å². The molecule has 2 aromatic rings. The third-order valence-electron chi connectivity index (χ3n) is 4.30. The zero-order valence-electron chi connectivity index (χ0n) is 14.3. The molecule has 126 valence electrons. The first-order valence-electron chi connectivity index (χ1n) is 8.26. The van der Waals surface area contributed by atoms with Crippen molar-refractivity contribution in [2.45, 2.75) is 33.2 Å². The molecule has 0 aliphatic heterocycles. The summed E-state index contributed by atoms with van der Waals surface area (Å²) in [5.74, 6) is 0. The fourth-order valence-electron chi connectivity index (χ4n) is 2.82. The van der Waals surface area contributed by atoms with Crippen LogP contribution in [0.15, 0.2) is 35.1 Å². The Kier molecular flexibility index (Phi) is 6.19. The normalized spacial score (nSPS) is 11.3. The topological polar surface area (TPSA) is 50.4 Å². The molecule has 0 aliphatic rings. The number of unbranched alkanes of at least 4 members (excludes halogenated alkanes) is 1. The van der Waals surface area contributed by atoms with Gasteiger partial charge in [0, 0.05) is 25.8 Å². The molecule has 0 saturated carbocycles. The largest absolute Gasteiger partial charge is 0.395 e. The average Bonchev–Trinajstić information content (AvgIpc) is 2.77. The van der Waals surface area contributed by atoms with Crippen LogP contribution in [0.4, 0.5) is 0 Å². The van der Waals surface area contributed by atoms with Crippen LogP contribution in [0.5, 0.6) is 0 Å². The fraction of sp³-hybridized carbons (Fsp3) is 0.500. The standard InChI is InChI=1S/C18H27N3O2/c1-4-5-11-20(12-13-22)14-17-15(2)19(3)21(18(17)23)16-9-7-6-8-10-16/h6-10,22H,4-5,11-14H2,1-3H3. The van der Waals surface area contributed by atoms with Crippen molar-refractivity contribution in [1.82, 2.24) is 14.3 Å². The molecule has 1 aromatic heterocycles. The molecular weight excluding hydrogens is 290 g/mol. The van der Waals surface area contributed by atoms with Crippen LogP contribution in [0, 0.1) is 6.92 Å². The van der Waals surface area contributed by atoms with E-state index in [0.29, 0.717) is 13.1 Å². The maximum Gasteiger partial charge on any atom is 0.276 e. The minimum Gasteiger partial charge on any atom is -0.395 e. The Labute approximate surface area is 137 Å². The van der Waals surface area contributed by atoms with E-state index in [1.807, 2.05) is 49.0 Å². The van der Waals surface area contributed by atoms with Gasteiger partial charge in [-0.3, -0.25) is 14.4 Å². The molecular formula is C18H27N3O2. The van der Waals surface area contributed by atoms with Crippen LogP contribution in [0.25, 0.3) is 5.69 Å². The van der Waals surface area contributed by atoms with Gasteiger partial charge in [-0.2, -0.15) is 0 Å². The van der Waals surface area contributed by atoms with Crippen molar-refractivity contribution in [3.63, 3.8) is 0 Å². The predicted octanol–water partition coefficient (Wildman–Crippen LogP) is 2.08. The van der Waals surface area contributed by atoms with Gasteiger partial charge in [0.25, 0.3) is 5.56 Å². The number of hydrogen-bond donors (Lipinski definition) is 1. The molecule has 0 saturated heterocycles. The molecule has 5 heteroatoms. The van der Waals surface area contributed by atoms with Crippen molar-refractivity contribution in [3.05, 3.63) is 51.9 Å². The van der Waals surface area contributed by atoms with E-state index >= 15 is 0 Å². The molecule has 1 N–H and O–H groups in total. The highest BCUT2D eigenvalue weighted by atomic mass is 16.3. The summed E-state index contributed by atoms with van der Waals surface area (Å²) in [7, 11) is 1.91. The minimum absolute atomic E-state index is 0.0237. The highest BCUT2D eigenvalue weighted by molar-refractivity contribution is 5.33. The molecule has 5 nitrogen and oxygen atoms in total. The second kappa shape index (κ2) is 8.13. The van der Waals surface area contributed by atoms with E-state index in [1.165, 1.54) is 0 Å². The van der Waals surface area contributed by atoms with E-state index in [4.69, 9.17) is 0 Å². The zero-order valence-corrected chi connectivity index (χ0v) is 14.3. The van der Waals surface area contributed by atoms with Crippen molar-refractivity contribution in [2.75, 3.05) is 19.7 Å². The Hall–Kier alpha value is -1.85. The first-order chi connectivity index (χ1) is 11.1. The van der Waals surface area contributed by atoms with Crippen molar-refractivity contribution in [3.8, 4) is 5.69 Å². The lowest BCUT2D eigenvalue weighted by molar-refractivity contribution is 0.187. The SMILES string of the molecule is CCCCN(CCO)Cc1c(C)n(C)n(-c2ccccc2)c1=O. The highest BCUT2D eigenvalue weighted by Crippen LogP contribution is 2.12. The van der Waals surface area contributed by atoms with Crippen molar-refractivity contribution in [1.29, 1.82) is 0 Å². The van der Waals surface area contributed by atoms with Crippen LogP contribution in [-0.2, 0) is 13.6 Å². The second-order valence-corrected chi connectivity index (χ2v) is 5.89. The van der Waals surface area contributed by atoms with Crippen LogP contribution < -0.4 is 5.56 Å². The molecule has 1 aromatic carbocycles. The number of hydrogen-bond acceptors (Lipinski definition) is 3. The monoisotopic (exact) mass is 317 g/mol. The maximum atomic E-state index is 12.9. The summed E-state index contributed by atoms with van der Waals surface area (Å²) in [6.45, 7) is 6.32. The van der Waals surface area contributed by atoms with Gasteiger partial charge >= 0.3 is 0 Å². The summed E-state index contributed by atoms with van der Waals surface area (Å²) < 4.78 is 3.62. The van der Waals surface area contributed by atoms with Gasteiger partial charge in [0.15, 0.2) is 0 Å². The Morgan fingerprint density at radius 1 is 1.17 bits per heavy atom. The van der Waals surface area contributed by atoms with Gasteiger partial charge in [-0.1, -0.05) is 31.5 Å². The molecule has 23 heavy (non-hydrogen) atoms. The Morgan fingerprint density at radius 3 is 2.48 bits per heavy atom. The number of rotatable bonds is 8. The molecule has 0 atom stereocenters. The molecule has 0 aliphatic carbocycles. The molecule has 0 fully saturated rings. The van der Waals surface area contributed by atoms with Gasteiger partial charge in [0.2, 0.25) is 0 Å². The van der Waals surface area contributed by atoms with E-state index in [2.05, 4.69) is 11.8 Å². The lowest BCUT2D eigenvalue weighted by Crippen LogP contribution is -2.30. The zero-order chi connectivity index (χ0) is 16.8. The van der Waals surface area contributed by atoms with Gasteiger partial charge < -0.3 is 5.11 Å². The number of aliphatic hydroxyl groups is 1. The Balaban J connectivity index is 2.35. The molecule has 0 unspecified atom stereocenters. The van der Waals surface area contributed by atoms with Gasteiger partial charge in [0.1, 0.15) is 0 Å². The number of aromatic nitrogens is 2. The molecule has 0 bridgehead atoms. The van der Waals surface area contributed by atoms with Crippen LogP contribution in [0.1, 0.15) is 31.0 Å². The van der Waals surface area contributed by atoms with Crippen LogP contribution in [-0.4, -0.2) is 39.1 Å². The number of benzene rings is 1. The quantitative estimate of drug-likeness (QED) is 0.811. The van der Waals surface area contributed by atoms with Gasteiger partial charge in [-0.05, 0) is 32.0 Å². The number of para-hydroxylation sites is 1. The van der Waals surface area contributed by atoms with Gasteiger partial charge in [-0.15, -0.1) is 0 Å². The highest BCUT2D eigenvalue weighted by Gasteiger charge is 2.18. The fourth-order valence-corrected chi connectivity index (χ4v) is 2.82. The van der Waals surface area contributed by atoms with E-state index in [0.717, 1.165) is 36.3 Å². The molecule has 0 spiro atoms. The van der Waals surface area contributed by atoms with E-state index in [9.17, 15) is 9.90 Å². The van der Waals surface area contributed by atoms with Crippen LogP contribution in [0.2, 0.25) is 0 Å². The molecule has 0 amide bonds. The summed E-state index contributed by atoms with van der Waals surface area (Å²) in [4.78, 5) is 15.0. The lowest BCUT2D eigenvalue weighted by Gasteiger charge is -2.20. The summed E-state index contributed by atoms with van der Waals surface area (Å²) in [6, 6.07) is 9.69. The number of aliphatic hydroxyl groups excluding tert-OH is 1. The van der Waals surface area contributed by atoms with Crippen LogP contribution in [0.3, 0.4) is 0 Å².